The Morgan fingerprint density at radius 3 is 2.77 bits per heavy atom. The van der Waals surface area contributed by atoms with E-state index in [2.05, 4.69) is 0 Å². The quantitative estimate of drug-likeness (QED) is 0.663. The van der Waals surface area contributed by atoms with Gasteiger partial charge in [0.25, 0.3) is 5.92 Å². The van der Waals surface area contributed by atoms with Crippen molar-refractivity contribution in [2.75, 3.05) is 13.1 Å². The zero-order valence-electron chi connectivity index (χ0n) is 7.46. The number of rotatable bonds is 1. The first-order valence-electron chi connectivity index (χ1n) is 4.31. The molecule has 0 bridgehead atoms. The Morgan fingerprint density at radius 2 is 2.31 bits per heavy atom. The number of hydrogen-bond donors (Lipinski definition) is 1. The van der Waals surface area contributed by atoms with Crippen LogP contribution in [-0.4, -0.2) is 41.0 Å². The van der Waals surface area contributed by atoms with Gasteiger partial charge in [0.1, 0.15) is 6.10 Å². The first-order chi connectivity index (χ1) is 5.97. The number of aliphatic hydroxyl groups is 1. The van der Waals surface area contributed by atoms with Crippen LogP contribution in [0.15, 0.2) is 0 Å². The van der Waals surface area contributed by atoms with Crippen molar-refractivity contribution in [1.82, 2.24) is 4.90 Å². The van der Waals surface area contributed by atoms with Crippen LogP contribution < -0.4 is 0 Å². The van der Waals surface area contributed by atoms with Gasteiger partial charge in [0.15, 0.2) is 0 Å². The van der Waals surface area contributed by atoms with Crippen molar-refractivity contribution >= 4 is 5.91 Å². The molecule has 1 N–H and O–H groups in total. The standard InChI is InChI=1S/C8H13F2NO2/c1-2-7(13)11-4-3-8(9,10)6(12)5-11/h6,12H,2-5H2,1H3. The maximum absolute atomic E-state index is 12.8. The molecule has 0 radical (unpaired) electrons. The topological polar surface area (TPSA) is 40.5 Å². The maximum atomic E-state index is 12.8. The Hall–Kier alpha value is -0.710. The second-order valence-electron chi connectivity index (χ2n) is 3.22. The van der Waals surface area contributed by atoms with E-state index in [4.69, 9.17) is 5.11 Å². The fourth-order valence-corrected chi connectivity index (χ4v) is 1.33. The molecule has 1 unspecified atom stereocenters. The summed E-state index contributed by atoms with van der Waals surface area (Å²) < 4.78 is 25.5. The lowest BCUT2D eigenvalue weighted by atomic mass is 10.0. The number of alkyl halides is 2. The van der Waals surface area contributed by atoms with Crippen LogP contribution in [0.3, 0.4) is 0 Å². The number of aliphatic hydroxyl groups excluding tert-OH is 1. The van der Waals surface area contributed by atoms with Gasteiger partial charge in [-0.1, -0.05) is 6.92 Å². The van der Waals surface area contributed by atoms with Gasteiger partial charge >= 0.3 is 0 Å². The second kappa shape index (κ2) is 3.57. The van der Waals surface area contributed by atoms with Crippen molar-refractivity contribution in [2.45, 2.75) is 31.8 Å². The summed E-state index contributed by atoms with van der Waals surface area (Å²) in [6, 6.07) is 0. The molecule has 1 aliphatic rings. The predicted octanol–water partition coefficient (Wildman–Crippen LogP) is 0.625. The number of amides is 1. The SMILES string of the molecule is CCC(=O)N1CCC(F)(F)C(O)C1. The number of nitrogens with zero attached hydrogens (tertiary/aromatic N) is 1. The number of piperidine rings is 1. The highest BCUT2D eigenvalue weighted by molar-refractivity contribution is 5.75. The summed E-state index contributed by atoms with van der Waals surface area (Å²) in [5, 5.41) is 9.01. The predicted molar refractivity (Wildman–Crippen MR) is 42.4 cm³/mol. The summed E-state index contributed by atoms with van der Waals surface area (Å²) in [5.41, 5.74) is 0. The van der Waals surface area contributed by atoms with Gasteiger partial charge in [-0.2, -0.15) is 0 Å². The smallest absolute Gasteiger partial charge is 0.276 e. The Morgan fingerprint density at radius 1 is 1.69 bits per heavy atom. The molecule has 1 amide bonds. The molecule has 5 heteroatoms. The van der Waals surface area contributed by atoms with E-state index < -0.39 is 18.4 Å². The van der Waals surface area contributed by atoms with Gasteiger partial charge in [0.2, 0.25) is 5.91 Å². The van der Waals surface area contributed by atoms with E-state index in [0.29, 0.717) is 0 Å². The largest absolute Gasteiger partial charge is 0.385 e. The number of carbonyl (C=O) groups is 1. The molecule has 1 atom stereocenters. The van der Waals surface area contributed by atoms with Crippen LogP contribution in [0.2, 0.25) is 0 Å². The minimum absolute atomic E-state index is 0.0384. The number of carbonyl (C=O) groups excluding carboxylic acids is 1. The monoisotopic (exact) mass is 193 g/mol. The van der Waals surface area contributed by atoms with E-state index in [9.17, 15) is 13.6 Å². The van der Waals surface area contributed by atoms with Crippen LogP contribution in [0.1, 0.15) is 19.8 Å². The van der Waals surface area contributed by atoms with Crippen molar-refractivity contribution in [3.8, 4) is 0 Å². The van der Waals surface area contributed by atoms with Crippen LogP contribution in [-0.2, 0) is 4.79 Å². The van der Waals surface area contributed by atoms with E-state index in [1.165, 1.54) is 4.90 Å². The summed E-state index contributed by atoms with van der Waals surface area (Å²) in [4.78, 5) is 12.4. The lowest BCUT2D eigenvalue weighted by Gasteiger charge is -2.35. The third-order valence-corrected chi connectivity index (χ3v) is 2.25. The highest BCUT2D eigenvalue weighted by atomic mass is 19.3. The molecule has 1 aliphatic heterocycles. The van der Waals surface area contributed by atoms with Gasteiger partial charge in [-0.15, -0.1) is 0 Å². The van der Waals surface area contributed by atoms with Crippen molar-refractivity contribution < 1.29 is 18.7 Å². The van der Waals surface area contributed by atoms with Gasteiger partial charge in [0, 0.05) is 19.4 Å². The van der Waals surface area contributed by atoms with E-state index in [-0.39, 0.29) is 25.4 Å². The first-order valence-corrected chi connectivity index (χ1v) is 4.31. The molecule has 76 valence electrons. The number of β-amino-alcohol motifs (C(OH)–C–C–N with tert-alkyl or cyclic N) is 1. The Labute approximate surface area is 75.3 Å². The summed E-state index contributed by atoms with van der Waals surface area (Å²) in [6.45, 7) is 1.46. The van der Waals surface area contributed by atoms with Crippen LogP contribution in [0, 0.1) is 0 Å². The average Bonchev–Trinajstić information content (AvgIpc) is 2.08. The third-order valence-electron chi connectivity index (χ3n) is 2.25. The van der Waals surface area contributed by atoms with Crippen molar-refractivity contribution in [2.24, 2.45) is 0 Å². The fourth-order valence-electron chi connectivity index (χ4n) is 1.33. The molecule has 0 aromatic carbocycles. The van der Waals surface area contributed by atoms with Crippen LogP contribution in [0.4, 0.5) is 8.78 Å². The molecular weight excluding hydrogens is 180 g/mol. The molecule has 0 spiro atoms. The minimum atomic E-state index is -3.04. The van der Waals surface area contributed by atoms with Crippen molar-refractivity contribution in [1.29, 1.82) is 0 Å². The number of likely N-dealkylation sites (tertiary alicyclic amines) is 1. The highest BCUT2D eigenvalue weighted by Crippen LogP contribution is 2.28. The van der Waals surface area contributed by atoms with E-state index >= 15 is 0 Å². The van der Waals surface area contributed by atoms with Gasteiger partial charge in [-0.25, -0.2) is 8.78 Å². The third kappa shape index (κ3) is 2.15. The number of hydrogen-bond acceptors (Lipinski definition) is 2. The summed E-state index contributed by atoms with van der Waals surface area (Å²) >= 11 is 0. The molecule has 0 aromatic rings. The molecule has 1 heterocycles. The number of halogens is 2. The Bertz CT molecular complexity index is 208. The van der Waals surface area contributed by atoms with E-state index in [1.54, 1.807) is 6.92 Å². The summed E-state index contributed by atoms with van der Waals surface area (Å²) in [7, 11) is 0. The van der Waals surface area contributed by atoms with Crippen molar-refractivity contribution in [3.63, 3.8) is 0 Å². The van der Waals surface area contributed by atoms with Crippen molar-refractivity contribution in [3.05, 3.63) is 0 Å². The zero-order chi connectivity index (χ0) is 10.1. The Balaban J connectivity index is 2.56. The molecule has 3 nitrogen and oxygen atoms in total. The van der Waals surface area contributed by atoms with Gasteiger partial charge in [-0.3, -0.25) is 4.79 Å². The molecular formula is C8H13F2NO2. The molecule has 1 saturated heterocycles. The van der Waals surface area contributed by atoms with Gasteiger partial charge in [0.05, 0.1) is 6.54 Å². The summed E-state index contributed by atoms with van der Waals surface area (Å²) in [5.74, 6) is -3.22. The summed E-state index contributed by atoms with van der Waals surface area (Å²) in [6.07, 6.45) is -1.87. The average molecular weight is 193 g/mol. The lowest BCUT2D eigenvalue weighted by Crippen LogP contribution is -2.52. The second-order valence-corrected chi connectivity index (χ2v) is 3.22. The van der Waals surface area contributed by atoms with Crippen LogP contribution in [0.25, 0.3) is 0 Å². The Kier molecular flexibility index (Phi) is 2.85. The normalized spacial score (nSPS) is 27.4. The van der Waals surface area contributed by atoms with Crippen LogP contribution >= 0.6 is 0 Å². The zero-order valence-corrected chi connectivity index (χ0v) is 7.46. The van der Waals surface area contributed by atoms with E-state index in [0.717, 1.165) is 0 Å². The maximum Gasteiger partial charge on any atom is 0.276 e. The lowest BCUT2D eigenvalue weighted by molar-refractivity contribution is -0.161. The molecule has 1 fully saturated rings. The molecule has 0 aliphatic carbocycles. The molecule has 13 heavy (non-hydrogen) atoms. The minimum Gasteiger partial charge on any atom is -0.385 e. The van der Waals surface area contributed by atoms with Crippen LogP contribution in [0.5, 0.6) is 0 Å². The van der Waals surface area contributed by atoms with Gasteiger partial charge in [-0.05, 0) is 0 Å². The fraction of sp³-hybridized carbons (Fsp3) is 0.875. The first kappa shape index (κ1) is 10.4. The highest BCUT2D eigenvalue weighted by Gasteiger charge is 2.43. The molecule has 0 saturated carbocycles. The molecule has 0 aromatic heterocycles. The molecule has 1 rings (SSSR count). The van der Waals surface area contributed by atoms with E-state index in [1.807, 2.05) is 0 Å². The van der Waals surface area contributed by atoms with Gasteiger partial charge < -0.3 is 10.0 Å².